The van der Waals surface area contributed by atoms with Crippen LogP contribution in [0.1, 0.15) is 16.7 Å². The van der Waals surface area contributed by atoms with E-state index in [1.807, 2.05) is 62.4 Å². The van der Waals surface area contributed by atoms with Gasteiger partial charge >= 0.3 is 11.9 Å². The third kappa shape index (κ3) is 3.21. The third-order valence-electron chi connectivity index (χ3n) is 4.13. The predicted octanol–water partition coefficient (Wildman–Crippen LogP) is 3.42. The number of hydrogen-bond acceptors (Lipinski definition) is 5. The molecule has 2 aromatic rings. The number of carbonyl (C=O) groups is 1. The van der Waals surface area contributed by atoms with Crippen molar-refractivity contribution in [1.82, 2.24) is 0 Å². The van der Waals surface area contributed by atoms with Crippen molar-refractivity contribution in [2.45, 2.75) is 13.8 Å². The molecule has 0 fully saturated rings. The molecular weight excluding hydrogens is 326 g/mol. The van der Waals surface area contributed by atoms with E-state index in [2.05, 4.69) is 20.4 Å². The number of rotatable bonds is 4. The highest BCUT2D eigenvalue weighted by atomic mass is 16.2. The molecule has 0 radical (unpaired) electrons. The molecule has 0 spiro atoms. The summed E-state index contributed by atoms with van der Waals surface area (Å²) in [5.41, 5.74) is 4.79. The van der Waals surface area contributed by atoms with E-state index in [0.29, 0.717) is 24.0 Å². The van der Waals surface area contributed by atoms with Gasteiger partial charge in [-0.3, -0.25) is 0 Å². The highest BCUT2D eigenvalue weighted by Crippen LogP contribution is 2.17. The lowest BCUT2D eigenvalue weighted by molar-refractivity contribution is -0.392. The standard InChI is InChI=1S/C20H18N5O/c1-13-6-8-16(9-7-13)21-12-17-11-18(26)25-20(22-17)23-19(24-25)15-5-3-4-14(2)10-15/h3-11,21H,12H2,1-2H3/q+1. The minimum absolute atomic E-state index is 0.234. The molecule has 0 atom stereocenters. The molecule has 1 N–H and O–H groups in total. The summed E-state index contributed by atoms with van der Waals surface area (Å²) in [7, 11) is 0. The molecule has 2 aromatic carbocycles. The van der Waals surface area contributed by atoms with Crippen molar-refractivity contribution >= 4 is 23.4 Å². The molecule has 0 saturated heterocycles. The van der Waals surface area contributed by atoms with Crippen molar-refractivity contribution in [2.24, 2.45) is 15.1 Å². The number of guanidine groups is 1. The summed E-state index contributed by atoms with van der Waals surface area (Å²) in [5.74, 6) is 0.582. The van der Waals surface area contributed by atoms with Crippen molar-refractivity contribution in [3.8, 4) is 0 Å². The number of anilines is 1. The van der Waals surface area contributed by atoms with Crippen LogP contribution in [0.2, 0.25) is 0 Å². The van der Waals surface area contributed by atoms with Gasteiger partial charge in [0, 0.05) is 11.3 Å². The normalized spacial score (nSPS) is 15.7. The lowest BCUT2D eigenvalue weighted by Crippen LogP contribution is -2.25. The molecule has 6 heteroatoms. The van der Waals surface area contributed by atoms with Crippen LogP contribution in [0.4, 0.5) is 5.69 Å². The Labute approximate surface area is 151 Å². The molecule has 128 valence electrons. The van der Waals surface area contributed by atoms with Crippen LogP contribution in [0.5, 0.6) is 0 Å². The van der Waals surface area contributed by atoms with Crippen molar-refractivity contribution in [2.75, 3.05) is 11.9 Å². The number of aryl methyl sites for hydroxylation is 2. The van der Waals surface area contributed by atoms with Crippen LogP contribution in [0, 0.1) is 13.8 Å². The summed E-state index contributed by atoms with van der Waals surface area (Å²) >= 11 is 0. The Morgan fingerprint density at radius 1 is 1.00 bits per heavy atom. The van der Waals surface area contributed by atoms with Gasteiger partial charge in [-0.25, -0.2) is 4.79 Å². The van der Waals surface area contributed by atoms with Crippen molar-refractivity contribution in [3.63, 3.8) is 0 Å². The predicted molar refractivity (Wildman–Crippen MR) is 101 cm³/mol. The van der Waals surface area contributed by atoms with Gasteiger partial charge in [0.15, 0.2) is 0 Å². The van der Waals surface area contributed by atoms with Crippen LogP contribution in [0.3, 0.4) is 0 Å². The summed E-state index contributed by atoms with van der Waals surface area (Å²) in [5, 5.41) is 7.57. The Balaban J connectivity index is 1.54. The highest BCUT2D eigenvalue weighted by Gasteiger charge is 2.35. The van der Waals surface area contributed by atoms with E-state index in [4.69, 9.17) is 0 Å². The fourth-order valence-electron chi connectivity index (χ4n) is 2.75. The number of amidine groups is 1. The summed E-state index contributed by atoms with van der Waals surface area (Å²) < 4.78 is 1.24. The fraction of sp³-hybridized carbons (Fsp3) is 0.150. The van der Waals surface area contributed by atoms with Gasteiger partial charge in [0.1, 0.15) is 5.70 Å². The second-order valence-corrected chi connectivity index (χ2v) is 6.32. The number of fused-ring (bicyclic) bond motifs is 1. The molecular formula is C20H18N5O+. The summed E-state index contributed by atoms with van der Waals surface area (Å²) in [6.07, 6.45) is 1.49. The van der Waals surface area contributed by atoms with E-state index in [-0.39, 0.29) is 5.91 Å². The Kier molecular flexibility index (Phi) is 4.01. The lowest BCUT2D eigenvalue weighted by atomic mass is 10.1. The molecule has 0 aromatic heterocycles. The van der Waals surface area contributed by atoms with E-state index < -0.39 is 0 Å². The molecule has 6 nitrogen and oxygen atoms in total. The zero-order chi connectivity index (χ0) is 18.1. The zero-order valence-corrected chi connectivity index (χ0v) is 14.6. The van der Waals surface area contributed by atoms with E-state index >= 15 is 0 Å². The van der Waals surface area contributed by atoms with E-state index in [0.717, 1.165) is 16.8 Å². The quantitative estimate of drug-likeness (QED) is 0.864. The molecule has 0 unspecified atom stereocenters. The number of aliphatic imine (C=N–C) groups is 2. The summed E-state index contributed by atoms with van der Waals surface area (Å²) in [6.45, 7) is 4.49. The second kappa shape index (κ2) is 6.48. The molecule has 0 bridgehead atoms. The Morgan fingerprint density at radius 2 is 1.81 bits per heavy atom. The molecule has 2 heterocycles. The van der Waals surface area contributed by atoms with E-state index in [1.165, 1.54) is 16.3 Å². The number of azo groups is 2. The second-order valence-electron chi connectivity index (χ2n) is 6.32. The Hall–Kier alpha value is -3.41. The average Bonchev–Trinajstić information content (AvgIpc) is 3.06. The van der Waals surface area contributed by atoms with Gasteiger partial charge in [0.25, 0.3) is 5.84 Å². The van der Waals surface area contributed by atoms with Gasteiger partial charge in [0.2, 0.25) is 0 Å². The maximum Gasteiger partial charge on any atom is 0.463 e. The van der Waals surface area contributed by atoms with E-state index in [1.54, 1.807) is 0 Å². The Bertz CT molecular complexity index is 1010. The molecule has 1 amide bonds. The van der Waals surface area contributed by atoms with Gasteiger partial charge in [0.05, 0.1) is 12.6 Å². The smallest absolute Gasteiger partial charge is 0.378 e. The fourth-order valence-corrected chi connectivity index (χ4v) is 2.75. The first-order chi connectivity index (χ1) is 12.6. The van der Waals surface area contributed by atoms with E-state index in [9.17, 15) is 4.79 Å². The maximum atomic E-state index is 12.4. The SMILES string of the molecule is Cc1ccc(NCC2=CC(=O)[N+]3=NC(c4cccc(C)c4)=NC3=N2)cc1. The van der Waals surface area contributed by atoms with Gasteiger partial charge < -0.3 is 5.32 Å². The Morgan fingerprint density at radius 3 is 2.58 bits per heavy atom. The lowest BCUT2D eigenvalue weighted by Gasteiger charge is -2.06. The first-order valence-corrected chi connectivity index (χ1v) is 8.40. The zero-order valence-electron chi connectivity index (χ0n) is 14.6. The molecule has 2 aliphatic heterocycles. The molecule has 2 aliphatic rings. The minimum Gasteiger partial charge on any atom is -0.378 e. The van der Waals surface area contributed by atoms with Crippen LogP contribution in [0.25, 0.3) is 0 Å². The molecule has 26 heavy (non-hydrogen) atoms. The monoisotopic (exact) mass is 344 g/mol. The maximum absolute atomic E-state index is 12.4. The number of carbonyl (C=O) groups excluding carboxylic acids is 1. The van der Waals surface area contributed by atoms with Crippen molar-refractivity contribution in [3.05, 3.63) is 77.0 Å². The first kappa shape index (κ1) is 16.1. The third-order valence-corrected chi connectivity index (χ3v) is 4.13. The van der Waals surface area contributed by atoms with Crippen LogP contribution in [-0.2, 0) is 4.79 Å². The number of amides is 1. The van der Waals surface area contributed by atoms with Gasteiger partial charge in [-0.2, -0.15) is 0 Å². The van der Waals surface area contributed by atoms with Gasteiger partial charge in [-0.05, 0) is 43.1 Å². The number of hydrogen-bond donors (Lipinski definition) is 1. The summed E-state index contributed by atoms with van der Waals surface area (Å²) in [4.78, 5) is 21.2. The minimum atomic E-state index is -0.234. The van der Waals surface area contributed by atoms with Crippen molar-refractivity contribution < 1.29 is 9.49 Å². The van der Waals surface area contributed by atoms with Crippen LogP contribution < -0.4 is 5.32 Å². The number of nitrogens with one attached hydrogen (secondary N) is 1. The molecule has 0 saturated carbocycles. The molecule has 4 rings (SSSR count). The highest BCUT2D eigenvalue weighted by molar-refractivity contribution is 6.09. The first-order valence-electron chi connectivity index (χ1n) is 8.40. The molecule has 0 aliphatic carbocycles. The van der Waals surface area contributed by atoms with Crippen LogP contribution in [-0.4, -0.2) is 28.9 Å². The largest absolute Gasteiger partial charge is 0.463 e. The average molecular weight is 344 g/mol. The van der Waals surface area contributed by atoms with Gasteiger partial charge in [-0.15, -0.1) is 0 Å². The summed E-state index contributed by atoms with van der Waals surface area (Å²) in [6, 6.07) is 15.9. The number of benzene rings is 2. The van der Waals surface area contributed by atoms with Crippen LogP contribution in [0.15, 0.2) is 75.4 Å². The van der Waals surface area contributed by atoms with Gasteiger partial charge in [-0.1, -0.05) is 50.2 Å². The van der Waals surface area contributed by atoms with Crippen LogP contribution >= 0.6 is 0 Å². The topological polar surface area (TPSA) is 69.2 Å². The van der Waals surface area contributed by atoms with Crippen molar-refractivity contribution in [1.29, 1.82) is 0 Å². The number of nitrogens with zero attached hydrogens (tertiary/aromatic N) is 4.